The average Bonchev–Trinajstić information content (AvgIpc) is 3.56. The van der Waals surface area contributed by atoms with Crippen molar-refractivity contribution in [2.75, 3.05) is 6.54 Å². The zero-order valence-corrected chi connectivity index (χ0v) is 22.4. The number of benzene rings is 1. The van der Waals surface area contributed by atoms with E-state index < -0.39 is 11.8 Å². The Morgan fingerprint density at radius 1 is 1.07 bits per heavy atom. The molecule has 202 valence electrons. The lowest BCUT2D eigenvalue weighted by molar-refractivity contribution is 0.0636. The van der Waals surface area contributed by atoms with Crippen LogP contribution in [0.25, 0.3) is 28.2 Å². The van der Waals surface area contributed by atoms with E-state index in [1.807, 2.05) is 30.5 Å². The van der Waals surface area contributed by atoms with Crippen LogP contribution in [-0.2, 0) is 13.0 Å². The molecule has 1 aliphatic heterocycles. The summed E-state index contributed by atoms with van der Waals surface area (Å²) in [5.41, 5.74) is 4.16. The van der Waals surface area contributed by atoms with Crippen LogP contribution in [-0.4, -0.2) is 52.6 Å². The molecule has 1 N–H and O–H groups in total. The Kier molecular flexibility index (Phi) is 6.34. The smallest absolute Gasteiger partial charge is 0.337 e. The first-order chi connectivity index (χ1) is 19.2. The molecule has 5 heterocycles. The lowest BCUT2D eigenvalue weighted by atomic mass is 10.1. The van der Waals surface area contributed by atoms with Crippen LogP contribution in [0.1, 0.15) is 52.1 Å². The van der Waals surface area contributed by atoms with Gasteiger partial charge in [0, 0.05) is 47.9 Å². The molecule has 4 aromatic heterocycles. The van der Waals surface area contributed by atoms with E-state index in [1.54, 1.807) is 33.7 Å². The van der Waals surface area contributed by atoms with E-state index in [0.29, 0.717) is 53.0 Å². The third-order valence-corrected chi connectivity index (χ3v) is 7.65. The summed E-state index contributed by atoms with van der Waals surface area (Å²) < 4.78 is 18.9. The van der Waals surface area contributed by atoms with Gasteiger partial charge in [0.1, 0.15) is 16.7 Å². The number of fused-ring (bicyclic) bond motifs is 2. The fourth-order valence-corrected chi connectivity index (χ4v) is 5.39. The average molecular weight is 559 g/mol. The number of aromatic carboxylic acids is 1. The zero-order chi connectivity index (χ0) is 28.1. The number of carboxylic acids is 1. The third-order valence-electron chi connectivity index (χ3n) is 7.32. The Labute approximate surface area is 233 Å². The highest BCUT2D eigenvalue weighted by Gasteiger charge is 2.30. The lowest BCUT2D eigenvalue weighted by Gasteiger charge is -2.35. The number of carbonyl (C=O) groups excluding carboxylic acids is 1. The summed E-state index contributed by atoms with van der Waals surface area (Å²) >= 11 is 6.28. The van der Waals surface area contributed by atoms with E-state index in [9.17, 15) is 9.59 Å². The highest BCUT2D eigenvalue weighted by molar-refractivity contribution is 6.29. The summed E-state index contributed by atoms with van der Waals surface area (Å²) in [6, 6.07) is 14.6. The minimum atomic E-state index is -1.08. The van der Waals surface area contributed by atoms with E-state index in [4.69, 9.17) is 16.7 Å². The highest BCUT2D eigenvalue weighted by Crippen LogP contribution is 2.31. The molecule has 1 atom stereocenters. The minimum Gasteiger partial charge on any atom is -0.478 e. The molecule has 0 saturated carbocycles. The van der Waals surface area contributed by atoms with E-state index in [1.165, 1.54) is 24.4 Å². The molecule has 1 aliphatic rings. The quantitative estimate of drug-likeness (QED) is 0.304. The van der Waals surface area contributed by atoms with Crippen LogP contribution in [0.2, 0.25) is 5.15 Å². The Morgan fingerprint density at radius 2 is 1.90 bits per heavy atom. The van der Waals surface area contributed by atoms with Crippen molar-refractivity contribution in [3.63, 3.8) is 0 Å². The molecule has 6 rings (SSSR count). The summed E-state index contributed by atoms with van der Waals surface area (Å²) in [6.45, 7) is 5.04. The second-order valence-electron chi connectivity index (χ2n) is 9.62. The summed E-state index contributed by atoms with van der Waals surface area (Å²) in [6.07, 6.45) is 1.83. The van der Waals surface area contributed by atoms with Crippen LogP contribution in [0.15, 0.2) is 60.8 Å². The largest absolute Gasteiger partial charge is 0.478 e. The Bertz CT molecular complexity index is 1800. The number of hydrogen-bond acceptors (Lipinski definition) is 5. The van der Waals surface area contributed by atoms with Gasteiger partial charge in [-0.1, -0.05) is 24.6 Å². The van der Waals surface area contributed by atoms with E-state index in [2.05, 4.69) is 15.1 Å². The molecule has 0 fully saturated rings. The number of nitrogens with zero attached hydrogens (tertiary/aromatic N) is 6. The fourth-order valence-electron chi connectivity index (χ4n) is 5.15. The molecule has 0 bridgehead atoms. The number of hydrogen-bond donors (Lipinski definition) is 1. The van der Waals surface area contributed by atoms with Crippen LogP contribution in [0, 0.1) is 5.82 Å². The van der Waals surface area contributed by atoms with Crippen LogP contribution in [0.5, 0.6) is 0 Å². The molecule has 9 nitrogen and oxygen atoms in total. The zero-order valence-electron chi connectivity index (χ0n) is 21.7. The van der Waals surface area contributed by atoms with Crippen molar-refractivity contribution in [1.29, 1.82) is 0 Å². The number of amides is 1. The van der Waals surface area contributed by atoms with Gasteiger partial charge in [-0.25, -0.2) is 18.7 Å². The number of pyridine rings is 1. The standard InChI is InChI=1S/C29H24ClFN6O3/c1-3-19-13-24(28(38)35-10-11-36-25(16(35)2)8-9-26(36)30)33-27-14-23(34-37(19)27)20-6-4-17(12-21(20)31)22-7-5-18(15-32-22)29(39)40/h4-9,12-16H,3,10-11H2,1-2H3,(H,39,40). The van der Waals surface area contributed by atoms with Gasteiger partial charge in [-0.2, -0.15) is 5.10 Å². The van der Waals surface area contributed by atoms with Crippen molar-refractivity contribution < 1.29 is 19.1 Å². The molecule has 1 amide bonds. The number of halogens is 2. The molecule has 1 unspecified atom stereocenters. The summed E-state index contributed by atoms with van der Waals surface area (Å²) in [7, 11) is 0. The summed E-state index contributed by atoms with van der Waals surface area (Å²) in [5.74, 6) is -1.78. The van der Waals surface area contributed by atoms with Crippen LogP contribution in [0.3, 0.4) is 0 Å². The molecule has 0 saturated heterocycles. The predicted octanol–water partition coefficient (Wildman–Crippen LogP) is 5.53. The van der Waals surface area contributed by atoms with Crippen molar-refractivity contribution in [2.24, 2.45) is 0 Å². The van der Waals surface area contributed by atoms with Gasteiger partial charge in [0.2, 0.25) is 0 Å². The molecule has 0 radical (unpaired) electrons. The van der Waals surface area contributed by atoms with Gasteiger partial charge < -0.3 is 14.6 Å². The second kappa shape index (κ2) is 9.87. The number of aryl methyl sites for hydroxylation is 1. The minimum absolute atomic E-state index is 0.0522. The topological polar surface area (TPSA) is 106 Å². The number of rotatable bonds is 5. The number of carbonyl (C=O) groups is 2. The molecular weight excluding hydrogens is 535 g/mol. The summed E-state index contributed by atoms with van der Waals surface area (Å²) in [5, 5.41) is 14.3. The molecule has 1 aromatic carbocycles. The SMILES string of the molecule is CCc1cc(C(=O)N2CCn3c(Cl)ccc3C2C)nc2cc(-c3ccc(-c4ccc(C(=O)O)cn4)cc3F)nn12. The Balaban J connectivity index is 1.32. The first-order valence-electron chi connectivity index (χ1n) is 12.8. The van der Waals surface area contributed by atoms with Gasteiger partial charge in [-0.3, -0.25) is 9.78 Å². The van der Waals surface area contributed by atoms with E-state index in [0.717, 1.165) is 11.4 Å². The second-order valence-corrected chi connectivity index (χ2v) is 10.0. The molecule has 11 heteroatoms. The Hall–Kier alpha value is -4.57. The summed E-state index contributed by atoms with van der Waals surface area (Å²) in [4.78, 5) is 35.2. The maximum atomic E-state index is 15.3. The first-order valence-corrected chi connectivity index (χ1v) is 13.2. The lowest BCUT2D eigenvalue weighted by Crippen LogP contribution is -2.41. The predicted molar refractivity (Wildman–Crippen MR) is 147 cm³/mol. The first kappa shape index (κ1) is 25.7. The fraction of sp³-hybridized carbons (Fsp3) is 0.207. The molecule has 0 spiro atoms. The van der Waals surface area contributed by atoms with Gasteiger partial charge in [-0.15, -0.1) is 0 Å². The van der Waals surface area contributed by atoms with Gasteiger partial charge in [0.05, 0.1) is 23.0 Å². The third kappa shape index (κ3) is 4.30. The van der Waals surface area contributed by atoms with E-state index >= 15 is 4.39 Å². The van der Waals surface area contributed by atoms with Crippen molar-refractivity contribution in [3.8, 4) is 22.5 Å². The van der Waals surface area contributed by atoms with Gasteiger partial charge >= 0.3 is 5.97 Å². The van der Waals surface area contributed by atoms with Gasteiger partial charge in [-0.05, 0) is 55.8 Å². The van der Waals surface area contributed by atoms with Crippen molar-refractivity contribution >= 4 is 29.1 Å². The van der Waals surface area contributed by atoms with Gasteiger partial charge in [0.25, 0.3) is 5.91 Å². The van der Waals surface area contributed by atoms with Crippen molar-refractivity contribution in [1.82, 2.24) is 29.0 Å². The van der Waals surface area contributed by atoms with Gasteiger partial charge in [0.15, 0.2) is 5.65 Å². The van der Waals surface area contributed by atoms with Crippen molar-refractivity contribution in [3.05, 3.63) is 94.4 Å². The molecule has 0 aliphatic carbocycles. The van der Waals surface area contributed by atoms with Crippen LogP contribution >= 0.6 is 11.6 Å². The maximum Gasteiger partial charge on any atom is 0.337 e. The maximum absolute atomic E-state index is 15.3. The van der Waals surface area contributed by atoms with Crippen LogP contribution < -0.4 is 0 Å². The number of aromatic nitrogens is 5. The Morgan fingerprint density at radius 3 is 2.60 bits per heavy atom. The van der Waals surface area contributed by atoms with Crippen molar-refractivity contribution in [2.45, 2.75) is 32.9 Å². The molecule has 5 aromatic rings. The number of carboxylic acid groups (broad SMARTS) is 1. The normalized spacial score (nSPS) is 14.9. The highest BCUT2D eigenvalue weighted by atomic mass is 35.5. The van der Waals surface area contributed by atoms with E-state index in [-0.39, 0.29) is 23.1 Å². The monoisotopic (exact) mass is 558 g/mol. The van der Waals surface area contributed by atoms with Crippen LogP contribution in [0.4, 0.5) is 4.39 Å². The molecular formula is C29H24ClFN6O3. The molecule has 40 heavy (non-hydrogen) atoms.